The molecule has 0 saturated heterocycles. The molecule has 0 aliphatic heterocycles. The number of methoxy groups -OCH3 is 1. The van der Waals surface area contributed by atoms with E-state index in [-0.39, 0.29) is 17.0 Å². The van der Waals surface area contributed by atoms with Gasteiger partial charge in [-0.3, -0.25) is 24.3 Å². The van der Waals surface area contributed by atoms with Crippen LogP contribution < -0.4 is 15.7 Å². The largest absolute Gasteiger partial charge is 0.497 e. The molecule has 38 heavy (non-hydrogen) atoms. The van der Waals surface area contributed by atoms with Gasteiger partial charge in [0, 0.05) is 22.6 Å². The van der Waals surface area contributed by atoms with Crippen LogP contribution in [0.25, 0.3) is 15.9 Å². The number of rotatable bonds is 8. The Kier molecular flexibility index (Phi) is 7.52. The number of carbonyl (C=O) groups is 1. The van der Waals surface area contributed by atoms with Crippen molar-refractivity contribution in [3.63, 3.8) is 0 Å². The second-order valence-electron chi connectivity index (χ2n) is 8.56. The Labute approximate surface area is 225 Å². The summed E-state index contributed by atoms with van der Waals surface area (Å²) in [4.78, 5) is 43.5. The third kappa shape index (κ3) is 5.31. The lowest BCUT2D eigenvalue weighted by Gasteiger charge is -2.14. The van der Waals surface area contributed by atoms with Gasteiger partial charge < -0.3 is 4.74 Å². The van der Waals surface area contributed by atoms with Gasteiger partial charge in [0.25, 0.3) is 17.2 Å². The van der Waals surface area contributed by atoms with Crippen LogP contribution in [0.15, 0.2) is 63.6 Å². The molecule has 1 aliphatic carbocycles. The molecule has 0 spiro atoms. The molecule has 0 radical (unpaired) electrons. The van der Waals surface area contributed by atoms with E-state index in [1.165, 1.54) is 23.2 Å². The lowest BCUT2D eigenvalue weighted by Crippen LogP contribution is -2.24. The number of nitrogens with zero attached hydrogens (tertiary/aromatic N) is 4. The molecule has 1 amide bonds. The van der Waals surface area contributed by atoms with E-state index in [0.717, 1.165) is 43.0 Å². The number of amides is 1. The standard InChI is InChI=1S/C26H23N5O5S2/c1-36-19-11-9-17(10-12-19)30-25(33)23-20-7-2-3-8-21(20)38-24(23)28-26(30)37-15-22(32)29-27-14-16-5-4-6-18(13-16)31(34)35/h4-6,9-14H,2-3,7-8,15H2,1H3,(H,29,32). The number of thioether (sulfide) groups is 1. The molecular weight excluding hydrogens is 526 g/mol. The summed E-state index contributed by atoms with van der Waals surface area (Å²) in [5.41, 5.74) is 4.42. The predicted molar refractivity (Wildman–Crippen MR) is 148 cm³/mol. The predicted octanol–water partition coefficient (Wildman–Crippen LogP) is 4.49. The van der Waals surface area contributed by atoms with Crippen LogP contribution in [0.2, 0.25) is 0 Å². The first-order valence-corrected chi connectivity index (χ1v) is 13.7. The maximum absolute atomic E-state index is 13.8. The number of nitrogens with one attached hydrogen (secondary N) is 1. The molecule has 0 saturated carbocycles. The summed E-state index contributed by atoms with van der Waals surface area (Å²) in [6.07, 6.45) is 5.31. The number of non-ortho nitro benzene ring substituents is 1. The maximum Gasteiger partial charge on any atom is 0.270 e. The number of hydrazone groups is 1. The zero-order valence-electron chi connectivity index (χ0n) is 20.4. The zero-order chi connectivity index (χ0) is 26.6. The summed E-state index contributed by atoms with van der Waals surface area (Å²) in [5.74, 6) is 0.225. The number of hydrogen-bond donors (Lipinski definition) is 1. The lowest BCUT2D eigenvalue weighted by molar-refractivity contribution is -0.384. The van der Waals surface area contributed by atoms with Crippen LogP contribution in [0.5, 0.6) is 5.75 Å². The quantitative estimate of drug-likeness (QED) is 0.113. The minimum Gasteiger partial charge on any atom is -0.497 e. The highest BCUT2D eigenvalue weighted by atomic mass is 32.2. The van der Waals surface area contributed by atoms with Gasteiger partial charge in [0.15, 0.2) is 5.16 Å². The minimum absolute atomic E-state index is 0.0362. The highest BCUT2D eigenvalue weighted by Gasteiger charge is 2.23. The van der Waals surface area contributed by atoms with Crippen molar-refractivity contribution < 1.29 is 14.5 Å². The Morgan fingerprint density at radius 2 is 2.05 bits per heavy atom. The molecule has 10 nitrogen and oxygen atoms in total. The number of fused-ring (bicyclic) bond motifs is 3. The fourth-order valence-corrected chi connectivity index (χ4v) is 6.41. The van der Waals surface area contributed by atoms with Crippen molar-refractivity contribution >= 4 is 51.1 Å². The average molecular weight is 550 g/mol. The topological polar surface area (TPSA) is 129 Å². The second kappa shape index (κ2) is 11.2. The van der Waals surface area contributed by atoms with Crippen LogP contribution in [0.1, 0.15) is 28.8 Å². The van der Waals surface area contributed by atoms with Crippen LogP contribution in [0.4, 0.5) is 5.69 Å². The molecule has 194 valence electrons. The van der Waals surface area contributed by atoms with Crippen LogP contribution in [-0.4, -0.2) is 39.5 Å². The van der Waals surface area contributed by atoms with Crippen molar-refractivity contribution in [2.24, 2.45) is 5.10 Å². The van der Waals surface area contributed by atoms with E-state index in [1.54, 1.807) is 59.4 Å². The van der Waals surface area contributed by atoms with Gasteiger partial charge in [0.2, 0.25) is 0 Å². The van der Waals surface area contributed by atoms with Gasteiger partial charge in [-0.15, -0.1) is 11.3 Å². The molecule has 2 aromatic carbocycles. The molecule has 5 rings (SSSR count). The maximum atomic E-state index is 13.8. The molecule has 1 aliphatic rings. The van der Waals surface area contributed by atoms with E-state index >= 15 is 0 Å². The van der Waals surface area contributed by atoms with Gasteiger partial charge in [-0.25, -0.2) is 10.4 Å². The zero-order valence-corrected chi connectivity index (χ0v) is 22.0. The number of thiophene rings is 1. The van der Waals surface area contributed by atoms with Gasteiger partial charge in [-0.1, -0.05) is 23.9 Å². The van der Waals surface area contributed by atoms with Crippen molar-refractivity contribution in [1.82, 2.24) is 15.0 Å². The number of hydrogen-bond acceptors (Lipinski definition) is 9. The van der Waals surface area contributed by atoms with Gasteiger partial charge >= 0.3 is 0 Å². The first-order valence-electron chi connectivity index (χ1n) is 11.9. The Bertz CT molecular complexity index is 1610. The Morgan fingerprint density at radius 1 is 1.26 bits per heavy atom. The summed E-state index contributed by atoms with van der Waals surface area (Å²) >= 11 is 2.70. The molecule has 12 heteroatoms. The van der Waals surface area contributed by atoms with Crippen LogP contribution in [0, 0.1) is 10.1 Å². The summed E-state index contributed by atoms with van der Waals surface area (Å²) < 4.78 is 6.81. The number of aromatic nitrogens is 2. The van der Waals surface area contributed by atoms with E-state index in [2.05, 4.69) is 10.5 Å². The van der Waals surface area contributed by atoms with Gasteiger partial charge in [-0.05, 0) is 55.5 Å². The number of benzene rings is 2. The molecule has 2 aromatic heterocycles. The summed E-state index contributed by atoms with van der Waals surface area (Å²) in [7, 11) is 1.58. The first-order chi connectivity index (χ1) is 18.4. The van der Waals surface area contributed by atoms with E-state index in [0.29, 0.717) is 32.4 Å². The van der Waals surface area contributed by atoms with Crippen molar-refractivity contribution in [3.8, 4) is 11.4 Å². The van der Waals surface area contributed by atoms with E-state index in [1.807, 2.05) is 0 Å². The average Bonchev–Trinajstić information content (AvgIpc) is 3.31. The number of aryl methyl sites for hydroxylation is 2. The number of carbonyl (C=O) groups excluding carboxylic acids is 1. The molecule has 2 heterocycles. The Hall–Kier alpha value is -4.03. The Balaban J connectivity index is 1.40. The molecule has 0 fully saturated rings. The molecular formula is C26H23N5O5S2. The number of nitro groups is 1. The van der Waals surface area contributed by atoms with Crippen molar-refractivity contribution in [3.05, 3.63) is 85.0 Å². The van der Waals surface area contributed by atoms with Crippen molar-refractivity contribution in [1.29, 1.82) is 0 Å². The smallest absolute Gasteiger partial charge is 0.270 e. The molecule has 0 bridgehead atoms. The molecule has 0 unspecified atom stereocenters. The van der Waals surface area contributed by atoms with Crippen molar-refractivity contribution in [2.45, 2.75) is 30.8 Å². The normalized spacial score (nSPS) is 13.0. The van der Waals surface area contributed by atoms with Crippen LogP contribution in [-0.2, 0) is 17.6 Å². The fraction of sp³-hybridized carbons (Fsp3) is 0.231. The Morgan fingerprint density at radius 3 is 2.82 bits per heavy atom. The highest BCUT2D eigenvalue weighted by molar-refractivity contribution is 7.99. The van der Waals surface area contributed by atoms with Gasteiger partial charge in [0.05, 0.1) is 35.1 Å². The second-order valence-corrected chi connectivity index (χ2v) is 10.6. The third-order valence-corrected chi connectivity index (χ3v) is 8.23. The lowest BCUT2D eigenvalue weighted by atomic mass is 9.97. The van der Waals surface area contributed by atoms with Crippen LogP contribution >= 0.6 is 23.1 Å². The number of nitro benzene ring substituents is 1. The third-order valence-electron chi connectivity index (χ3n) is 6.11. The number of ether oxygens (including phenoxy) is 1. The van der Waals surface area contributed by atoms with Crippen LogP contribution in [0.3, 0.4) is 0 Å². The summed E-state index contributed by atoms with van der Waals surface area (Å²) in [6, 6.07) is 13.1. The fourth-order valence-electron chi connectivity index (χ4n) is 4.30. The van der Waals surface area contributed by atoms with E-state index in [4.69, 9.17) is 9.72 Å². The van der Waals surface area contributed by atoms with E-state index in [9.17, 15) is 19.7 Å². The van der Waals surface area contributed by atoms with Gasteiger partial charge in [0.1, 0.15) is 10.6 Å². The highest BCUT2D eigenvalue weighted by Crippen LogP contribution is 2.35. The summed E-state index contributed by atoms with van der Waals surface area (Å²) in [5, 5.41) is 15.9. The van der Waals surface area contributed by atoms with E-state index < -0.39 is 10.8 Å². The first kappa shape index (κ1) is 25.6. The molecule has 0 atom stereocenters. The SMILES string of the molecule is COc1ccc(-n2c(SCC(=O)NN=Cc3cccc([N+](=O)[O-])c3)nc3sc4c(c3c2=O)CCCC4)cc1. The van der Waals surface area contributed by atoms with Gasteiger partial charge in [-0.2, -0.15) is 5.10 Å². The van der Waals surface area contributed by atoms with Crippen molar-refractivity contribution in [2.75, 3.05) is 12.9 Å². The monoisotopic (exact) mass is 549 g/mol. The summed E-state index contributed by atoms with van der Waals surface area (Å²) in [6.45, 7) is 0. The molecule has 1 N–H and O–H groups in total. The molecule has 4 aromatic rings. The minimum atomic E-state index is -0.497.